The van der Waals surface area contributed by atoms with Gasteiger partial charge in [-0.1, -0.05) is 20.8 Å². The number of hydrogen-bond acceptors (Lipinski definition) is 2. The smallest absolute Gasteiger partial charge is 0.252 e. The predicted octanol–water partition coefficient (Wildman–Crippen LogP) is 1.06. The molecule has 0 aromatic rings. The van der Waals surface area contributed by atoms with Gasteiger partial charge in [0.2, 0.25) is 0 Å². The zero-order chi connectivity index (χ0) is 10.3. The molecule has 3 heteroatoms. The van der Waals surface area contributed by atoms with Crippen molar-refractivity contribution >= 4 is 5.91 Å². The lowest BCUT2D eigenvalue weighted by atomic mass is 9.88. The number of aliphatic hydroxyl groups is 1. The van der Waals surface area contributed by atoms with E-state index in [1.807, 2.05) is 6.92 Å². The van der Waals surface area contributed by atoms with Gasteiger partial charge >= 0.3 is 0 Å². The maximum atomic E-state index is 11.4. The zero-order valence-corrected chi connectivity index (χ0v) is 8.85. The van der Waals surface area contributed by atoms with Gasteiger partial charge in [0.1, 0.15) is 5.60 Å². The summed E-state index contributed by atoms with van der Waals surface area (Å²) < 4.78 is 0. The average molecular weight is 185 g/mol. The van der Waals surface area contributed by atoms with Gasteiger partial charge in [-0.05, 0) is 25.2 Å². The summed E-state index contributed by atoms with van der Waals surface area (Å²) in [6.45, 7) is 8.16. The molecule has 0 aliphatic heterocycles. The van der Waals surface area contributed by atoms with Crippen LogP contribution in [0.3, 0.4) is 0 Å². The van der Waals surface area contributed by atoms with Gasteiger partial charge < -0.3 is 10.4 Å². The number of carbonyl (C=O) groups excluding carboxylic acids is 1. The summed E-state index contributed by atoms with van der Waals surface area (Å²) in [6, 6.07) is 0.0876. The fraction of sp³-hybridized carbons (Fsp3) is 0.900. The average Bonchev–Trinajstić information content (AvgIpc) is 2.67. The van der Waals surface area contributed by atoms with Crippen molar-refractivity contribution in [3.63, 3.8) is 0 Å². The largest absolute Gasteiger partial charge is 0.380 e. The summed E-state index contributed by atoms with van der Waals surface area (Å²) in [6.07, 6.45) is 1.21. The quantitative estimate of drug-likeness (QED) is 0.676. The van der Waals surface area contributed by atoms with Crippen LogP contribution in [-0.4, -0.2) is 22.7 Å². The van der Waals surface area contributed by atoms with E-state index in [1.165, 1.54) is 0 Å². The molecular formula is C10H19NO2. The number of carbonyl (C=O) groups is 1. The van der Waals surface area contributed by atoms with Crippen LogP contribution < -0.4 is 5.32 Å². The molecule has 1 amide bonds. The molecule has 0 aromatic carbocycles. The van der Waals surface area contributed by atoms with Gasteiger partial charge in [0.25, 0.3) is 5.91 Å². The third-order valence-electron chi connectivity index (χ3n) is 2.79. The van der Waals surface area contributed by atoms with Crippen molar-refractivity contribution in [1.82, 2.24) is 5.32 Å². The van der Waals surface area contributed by atoms with E-state index in [0.29, 0.717) is 12.8 Å². The molecule has 76 valence electrons. The van der Waals surface area contributed by atoms with Crippen LogP contribution in [0.4, 0.5) is 0 Å². The highest BCUT2D eigenvalue weighted by molar-refractivity contribution is 5.87. The number of nitrogens with one attached hydrogen (secondary N) is 1. The number of rotatable bonds is 2. The van der Waals surface area contributed by atoms with Crippen LogP contribution in [0.25, 0.3) is 0 Å². The minimum atomic E-state index is -1.04. The van der Waals surface area contributed by atoms with Crippen molar-refractivity contribution in [2.45, 2.75) is 52.2 Å². The normalized spacial score (nSPS) is 22.2. The Morgan fingerprint density at radius 1 is 1.46 bits per heavy atom. The van der Waals surface area contributed by atoms with E-state index in [1.54, 1.807) is 0 Å². The van der Waals surface area contributed by atoms with E-state index in [-0.39, 0.29) is 17.4 Å². The number of hydrogen-bond donors (Lipinski definition) is 2. The van der Waals surface area contributed by atoms with Gasteiger partial charge in [0, 0.05) is 6.04 Å². The standard InChI is InChI=1S/C10H19NO2/c1-7(9(2,3)4)11-8(12)10(13)5-6-10/h7,13H,5-6H2,1-4H3,(H,11,12). The minimum absolute atomic E-state index is 0.0426. The van der Waals surface area contributed by atoms with E-state index in [4.69, 9.17) is 0 Å². The lowest BCUT2D eigenvalue weighted by Gasteiger charge is -2.28. The fourth-order valence-corrected chi connectivity index (χ4v) is 0.893. The molecule has 2 N–H and O–H groups in total. The van der Waals surface area contributed by atoms with Crippen molar-refractivity contribution in [2.75, 3.05) is 0 Å². The summed E-state index contributed by atoms with van der Waals surface area (Å²) in [5.41, 5.74) is -1.000. The molecule has 1 aliphatic carbocycles. The second-order valence-electron chi connectivity index (χ2n) is 5.09. The SMILES string of the molecule is CC(NC(=O)C1(O)CC1)C(C)(C)C. The third-order valence-corrected chi connectivity index (χ3v) is 2.79. The second-order valence-corrected chi connectivity index (χ2v) is 5.09. The minimum Gasteiger partial charge on any atom is -0.380 e. The van der Waals surface area contributed by atoms with Gasteiger partial charge in [-0.15, -0.1) is 0 Å². The molecule has 13 heavy (non-hydrogen) atoms. The molecule has 1 atom stereocenters. The second kappa shape index (κ2) is 2.98. The molecule has 0 aromatic heterocycles. The molecule has 1 aliphatic rings. The first kappa shape index (κ1) is 10.5. The predicted molar refractivity (Wildman–Crippen MR) is 51.2 cm³/mol. The summed E-state index contributed by atoms with van der Waals surface area (Å²) in [5, 5.41) is 12.3. The van der Waals surface area contributed by atoms with Gasteiger partial charge in [0.05, 0.1) is 0 Å². The van der Waals surface area contributed by atoms with Gasteiger partial charge in [-0.2, -0.15) is 0 Å². The Morgan fingerprint density at radius 3 is 2.23 bits per heavy atom. The fourth-order valence-electron chi connectivity index (χ4n) is 0.893. The Balaban J connectivity index is 2.45. The molecule has 0 spiro atoms. The lowest BCUT2D eigenvalue weighted by molar-refractivity contribution is -0.132. The van der Waals surface area contributed by atoms with Crippen LogP contribution in [0, 0.1) is 5.41 Å². The molecule has 0 saturated heterocycles. The van der Waals surface area contributed by atoms with Gasteiger partial charge in [0.15, 0.2) is 0 Å². The van der Waals surface area contributed by atoms with Gasteiger partial charge in [-0.3, -0.25) is 4.79 Å². The molecule has 1 saturated carbocycles. The van der Waals surface area contributed by atoms with Crippen LogP contribution in [0.1, 0.15) is 40.5 Å². The van der Waals surface area contributed by atoms with Crippen molar-refractivity contribution in [1.29, 1.82) is 0 Å². The summed E-state index contributed by atoms with van der Waals surface area (Å²) in [4.78, 5) is 11.4. The molecule has 0 heterocycles. The van der Waals surface area contributed by atoms with Crippen molar-refractivity contribution in [3.05, 3.63) is 0 Å². The van der Waals surface area contributed by atoms with Crippen LogP contribution in [0.2, 0.25) is 0 Å². The summed E-state index contributed by atoms with van der Waals surface area (Å²) >= 11 is 0. The van der Waals surface area contributed by atoms with E-state index < -0.39 is 5.60 Å². The Kier molecular flexibility index (Phi) is 2.41. The molecule has 1 unspecified atom stereocenters. The summed E-state index contributed by atoms with van der Waals surface area (Å²) in [5.74, 6) is -0.213. The van der Waals surface area contributed by atoms with E-state index >= 15 is 0 Å². The topological polar surface area (TPSA) is 49.3 Å². The Hall–Kier alpha value is -0.570. The van der Waals surface area contributed by atoms with Crippen LogP contribution in [-0.2, 0) is 4.79 Å². The monoisotopic (exact) mass is 185 g/mol. The third kappa shape index (κ3) is 2.44. The zero-order valence-electron chi connectivity index (χ0n) is 8.85. The first-order chi connectivity index (χ1) is 5.76. The Morgan fingerprint density at radius 2 is 1.92 bits per heavy atom. The van der Waals surface area contributed by atoms with Crippen molar-refractivity contribution in [3.8, 4) is 0 Å². The van der Waals surface area contributed by atoms with Gasteiger partial charge in [-0.25, -0.2) is 0 Å². The van der Waals surface area contributed by atoms with E-state index in [2.05, 4.69) is 26.1 Å². The highest BCUT2D eigenvalue weighted by Gasteiger charge is 2.48. The maximum absolute atomic E-state index is 11.4. The Bertz CT molecular complexity index is 213. The molecule has 0 bridgehead atoms. The van der Waals surface area contributed by atoms with Crippen LogP contribution in [0.15, 0.2) is 0 Å². The molecule has 1 fully saturated rings. The molecular weight excluding hydrogens is 166 g/mol. The van der Waals surface area contributed by atoms with Crippen molar-refractivity contribution < 1.29 is 9.90 Å². The van der Waals surface area contributed by atoms with E-state index in [0.717, 1.165) is 0 Å². The molecule has 1 rings (SSSR count). The number of amides is 1. The van der Waals surface area contributed by atoms with E-state index in [9.17, 15) is 9.90 Å². The highest BCUT2D eigenvalue weighted by atomic mass is 16.3. The Labute approximate surface area is 79.5 Å². The summed E-state index contributed by atoms with van der Waals surface area (Å²) in [7, 11) is 0. The lowest BCUT2D eigenvalue weighted by Crippen LogP contribution is -2.46. The van der Waals surface area contributed by atoms with Crippen LogP contribution >= 0.6 is 0 Å². The molecule has 0 radical (unpaired) electrons. The van der Waals surface area contributed by atoms with Crippen molar-refractivity contribution in [2.24, 2.45) is 5.41 Å². The highest BCUT2D eigenvalue weighted by Crippen LogP contribution is 2.35. The van der Waals surface area contributed by atoms with Crippen LogP contribution in [0.5, 0.6) is 0 Å². The maximum Gasteiger partial charge on any atom is 0.252 e. The molecule has 3 nitrogen and oxygen atoms in total. The first-order valence-corrected chi connectivity index (χ1v) is 4.79. The first-order valence-electron chi connectivity index (χ1n) is 4.79.